The SMILES string of the molecule is N.O.O.O.O.O=P(O)(O)O.O=P(O)(O)O.[NaH]. The van der Waals surface area contributed by atoms with Crippen molar-refractivity contribution in [3.05, 3.63) is 0 Å². The van der Waals surface area contributed by atoms with Crippen LogP contribution in [-0.2, 0) is 9.13 Å². The zero-order valence-electron chi connectivity index (χ0n) is 7.10. The molecule has 0 unspecified atom stereocenters. The van der Waals surface area contributed by atoms with Crippen LogP contribution in [0.1, 0.15) is 0 Å². The molecule has 0 spiro atoms. The van der Waals surface area contributed by atoms with E-state index in [4.69, 9.17) is 38.5 Å². The summed E-state index contributed by atoms with van der Waals surface area (Å²) in [6, 6.07) is 0. The van der Waals surface area contributed by atoms with E-state index in [9.17, 15) is 0 Å². The fraction of sp³-hybridized carbons (Fsp3) is 0. The molecular formula is H18NNaO12P2. The Bertz CT molecular complexity index is 131. The van der Waals surface area contributed by atoms with Crippen LogP contribution in [0.5, 0.6) is 0 Å². The third-order valence-electron chi connectivity index (χ3n) is 0. The van der Waals surface area contributed by atoms with Crippen LogP contribution in [0.3, 0.4) is 0 Å². The first-order valence-electron chi connectivity index (χ1n) is 1.57. The molecule has 0 fully saturated rings. The summed E-state index contributed by atoms with van der Waals surface area (Å²) >= 11 is 0. The molecule has 0 aromatic rings. The Morgan fingerprint density at radius 2 is 0.562 bits per heavy atom. The van der Waals surface area contributed by atoms with Crippen molar-refractivity contribution < 1.29 is 60.4 Å². The first-order chi connectivity index (χ1) is 4.00. The Hall–Kier alpha value is 1.02. The summed E-state index contributed by atoms with van der Waals surface area (Å²) < 4.78 is 17.8. The van der Waals surface area contributed by atoms with Gasteiger partial charge in [-0.1, -0.05) is 0 Å². The van der Waals surface area contributed by atoms with E-state index >= 15 is 0 Å². The van der Waals surface area contributed by atoms with E-state index in [0.29, 0.717) is 0 Å². The molecule has 0 saturated heterocycles. The van der Waals surface area contributed by atoms with E-state index in [-0.39, 0.29) is 57.6 Å². The molecule has 0 aliphatic rings. The predicted molar refractivity (Wildman–Crippen MR) is 55.2 cm³/mol. The fourth-order valence-electron chi connectivity index (χ4n) is 0. The minimum atomic E-state index is -4.64. The molecule has 16 heteroatoms. The van der Waals surface area contributed by atoms with Crippen LogP contribution in [0.2, 0.25) is 0 Å². The molecule has 0 saturated carbocycles. The Kier molecular flexibility index (Phi) is 71.5. The third-order valence-corrected chi connectivity index (χ3v) is 0. The van der Waals surface area contributed by atoms with Gasteiger partial charge in [0.25, 0.3) is 0 Å². The molecule has 0 heterocycles. The van der Waals surface area contributed by atoms with Crippen LogP contribution < -0.4 is 6.15 Å². The summed E-state index contributed by atoms with van der Waals surface area (Å²) in [4.78, 5) is 43.1. The molecule has 13 nitrogen and oxygen atoms in total. The third kappa shape index (κ3) is 2840. The zero-order valence-corrected chi connectivity index (χ0v) is 8.89. The van der Waals surface area contributed by atoms with E-state index < -0.39 is 15.6 Å². The number of hydrogen-bond donors (Lipinski definition) is 7. The Labute approximate surface area is 112 Å². The maximum absolute atomic E-state index is 8.88. The maximum atomic E-state index is 8.88. The van der Waals surface area contributed by atoms with E-state index in [1.165, 1.54) is 0 Å². The second kappa shape index (κ2) is 21.3. The van der Waals surface area contributed by atoms with Crippen molar-refractivity contribution in [2.24, 2.45) is 0 Å². The Morgan fingerprint density at radius 1 is 0.562 bits per heavy atom. The van der Waals surface area contributed by atoms with Crippen LogP contribution in [0.25, 0.3) is 0 Å². The molecule has 106 valence electrons. The molecule has 0 bridgehead atoms. The number of phosphoric acid groups is 2. The monoisotopic (exact) mass is 309 g/mol. The van der Waals surface area contributed by atoms with Crippen molar-refractivity contribution >= 4 is 45.2 Å². The van der Waals surface area contributed by atoms with Crippen LogP contribution in [-0.4, -0.2) is 80.8 Å². The van der Waals surface area contributed by atoms with Crippen LogP contribution >= 0.6 is 15.6 Å². The molecule has 0 rings (SSSR count). The average molecular weight is 309 g/mol. The van der Waals surface area contributed by atoms with Crippen molar-refractivity contribution in [3.8, 4) is 0 Å². The van der Waals surface area contributed by atoms with Crippen LogP contribution in [0.4, 0.5) is 0 Å². The fourth-order valence-corrected chi connectivity index (χ4v) is 0. The van der Waals surface area contributed by atoms with Gasteiger partial charge in [-0.15, -0.1) is 0 Å². The van der Waals surface area contributed by atoms with Gasteiger partial charge in [-0.2, -0.15) is 0 Å². The van der Waals surface area contributed by atoms with E-state index in [1.807, 2.05) is 0 Å². The van der Waals surface area contributed by atoms with E-state index in [2.05, 4.69) is 0 Å². The summed E-state index contributed by atoms with van der Waals surface area (Å²) in [5.41, 5.74) is 0. The van der Waals surface area contributed by atoms with Crippen LogP contribution in [0.15, 0.2) is 0 Å². The summed E-state index contributed by atoms with van der Waals surface area (Å²) in [5, 5.41) is 0. The van der Waals surface area contributed by atoms with E-state index in [1.54, 1.807) is 0 Å². The molecule has 0 aliphatic heterocycles. The number of hydrogen-bond acceptors (Lipinski definition) is 3. The molecule has 0 atom stereocenters. The summed E-state index contributed by atoms with van der Waals surface area (Å²) in [7, 11) is -9.28. The van der Waals surface area contributed by atoms with Gasteiger partial charge in [0.1, 0.15) is 0 Å². The molecule has 16 heavy (non-hydrogen) atoms. The summed E-state index contributed by atoms with van der Waals surface area (Å²) in [5.74, 6) is 0. The molecule has 0 aromatic carbocycles. The first-order valence-corrected chi connectivity index (χ1v) is 4.70. The zero-order chi connectivity index (χ0) is 9.00. The Morgan fingerprint density at radius 3 is 0.562 bits per heavy atom. The van der Waals surface area contributed by atoms with Gasteiger partial charge in [0.15, 0.2) is 0 Å². The summed E-state index contributed by atoms with van der Waals surface area (Å²) in [6.07, 6.45) is 0. The second-order valence-electron chi connectivity index (χ2n) is 1.03. The van der Waals surface area contributed by atoms with Gasteiger partial charge < -0.3 is 57.4 Å². The molecule has 17 N–H and O–H groups in total. The van der Waals surface area contributed by atoms with Crippen molar-refractivity contribution in [1.29, 1.82) is 0 Å². The van der Waals surface area contributed by atoms with Gasteiger partial charge in [-0.3, -0.25) is 0 Å². The van der Waals surface area contributed by atoms with Crippen molar-refractivity contribution in [2.75, 3.05) is 0 Å². The van der Waals surface area contributed by atoms with Crippen molar-refractivity contribution in [1.82, 2.24) is 6.15 Å². The Balaban J connectivity index is -0.00000000970. The van der Waals surface area contributed by atoms with Gasteiger partial charge in [0.2, 0.25) is 0 Å². The molecule has 0 aromatic heterocycles. The molecule has 0 radical (unpaired) electrons. The summed E-state index contributed by atoms with van der Waals surface area (Å²) in [6.45, 7) is 0. The molecular weight excluding hydrogens is 291 g/mol. The average Bonchev–Trinajstić information content (AvgIpc) is 1.12. The quantitative estimate of drug-likeness (QED) is 0.165. The van der Waals surface area contributed by atoms with Crippen molar-refractivity contribution in [2.45, 2.75) is 0 Å². The first kappa shape index (κ1) is 53.7. The topological polar surface area (TPSA) is 317 Å². The number of rotatable bonds is 0. The van der Waals surface area contributed by atoms with Gasteiger partial charge in [-0.25, -0.2) is 9.13 Å². The predicted octanol–water partition coefficient (Wildman–Crippen LogP) is -5.64. The normalized spacial score (nSPS) is 7.38. The standard InChI is InChI=1S/H3N.Na.2H3O4P.4H2O.H/c;;2*1-5(2,3)4;;;;;/h1H3;;2*(H3,1,2,3,4);4*1H2;. The molecule has 0 aliphatic carbocycles. The van der Waals surface area contributed by atoms with Gasteiger partial charge in [0, 0.05) is 0 Å². The minimum absolute atomic E-state index is 0. The van der Waals surface area contributed by atoms with E-state index in [0.717, 1.165) is 0 Å². The van der Waals surface area contributed by atoms with Gasteiger partial charge in [0.05, 0.1) is 0 Å². The van der Waals surface area contributed by atoms with Crippen LogP contribution in [0, 0.1) is 0 Å². The second-order valence-corrected chi connectivity index (χ2v) is 3.08. The van der Waals surface area contributed by atoms with Crippen molar-refractivity contribution in [3.63, 3.8) is 0 Å². The van der Waals surface area contributed by atoms with Gasteiger partial charge >= 0.3 is 45.2 Å². The van der Waals surface area contributed by atoms with Gasteiger partial charge in [-0.05, 0) is 0 Å². The molecule has 0 amide bonds.